The lowest BCUT2D eigenvalue weighted by Gasteiger charge is -2.16. The molecule has 11 heteroatoms. The molecule has 3 nitrogen and oxygen atoms in total. The Balaban J connectivity index is 3.76. The molecule has 0 aliphatic heterocycles. The second-order valence-corrected chi connectivity index (χ2v) is 5.75. The van der Waals surface area contributed by atoms with E-state index in [9.17, 15) is 34.8 Å². The predicted octanol–water partition coefficient (Wildman–Crippen LogP) is 3.13. The summed E-state index contributed by atoms with van der Waals surface area (Å²) in [5.74, 6) is 0. The van der Waals surface area contributed by atoms with Crippen LogP contribution in [-0.2, 0) is 22.4 Å². The molecule has 2 N–H and O–H groups in total. The third-order valence-electron chi connectivity index (χ3n) is 1.99. The molecule has 0 bridgehead atoms. The zero-order valence-electron chi connectivity index (χ0n) is 8.60. The molecule has 0 atom stereocenters. The number of nitrogens with two attached hydrogens (primary N) is 1. The van der Waals surface area contributed by atoms with E-state index < -0.39 is 42.9 Å². The third kappa shape index (κ3) is 3.60. The number of benzene rings is 1. The molecule has 0 saturated heterocycles. The van der Waals surface area contributed by atoms with Crippen LogP contribution >= 0.6 is 15.9 Å². The largest absolute Gasteiger partial charge is 0.417 e. The van der Waals surface area contributed by atoms with E-state index in [1.54, 1.807) is 0 Å². The van der Waals surface area contributed by atoms with Crippen molar-refractivity contribution < 1.29 is 34.8 Å². The topological polar surface area (TPSA) is 60.2 Å². The van der Waals surface area contributed by atoms with Crippen LogP contribution in [0, 0.1) is 0 Å². The van der Waals surface area contributed by atoms with Gasteiger partial charge in [0.1, 0.15) is 0 Å². The molecule has 19 heavy (non-hydrogen) atoms. The monoisotopic (exact) mass is 371 g/mol. The molecule has 0 aliphatic rings. The summed E-state index contributed by atoms with van der Waals surface area (Å²) in [6.45, 7) is 0. The lowest BCUT2D eigenvalue weighted by atomic mass is 10.1. The van der Waals surface area contributed by atoms with E-state index >= 15 is 0 Å². The van der Waals surface area contributed by atoms with Crippen molar-refractivity contribution >= 4 is 26.0 Å². The maximum Gasteiger partial charge on any atom is 0.417 e. The van der Waals surface area contributed by atoms with E-state index in [2.05, 4.69) is 21.1 Å². The second-order valence-electron chi connectivity index (χ2n) is 3.37. The zero-order chi connectivity index (χ0) is 15.2. The van der Waals surface area contributed by atoms with Crippen LogP contribution in [0.15, 0.2) is 21.5 Å². The van der Waals surface area contributed by atoms with Crippen LogP contribution in [-0.4, -0.2) is 8.42 Å². The molecule has 0 spiro atoms. The van der Waals surface area contributed by atoms with Crippen LogP contribution in [0.1, 0.15) is 11.1 Å². The Labute approximate surface area is 111 Å². The minimum Gasteiger partial charge on any atom is -0.225 e. The van der Waals surface area contributed by atoms with Crippen molar-refractivity contribution in [1.82, 2.24) is 0 Å². The Kier molecular flexibility index (Phi) is 3.96. The fourth-order valence-electron chi connectivity index (χ4n) is 1.23. The van der Waals surface area contributed by atoms with Gasteiger partial charge in [0.15, 0.2) is 0 Å². The minimum atomic E-state index is -5.29. The fraction of sp³-hybridized carbons (Fsp3) is 0.250. The van der Waals surface area contributed by atoms with E-state index in [0.717, 1.165) is 0 Å². The SMILES string of the molecule is NS(=O)(=O)c1cc(Br)c(C(F)(F)F)cc1C(F)(F)F. The molecule has 108 valence electrons. The van der Waals surface area contributed by atoms with E-state index in [1.165, 1.54) is 0 Å². The van der Waals surface area contributed by atoms with Crippen LogP contribution < -0.4 is 5.14 Å². The van der Waals surface area contributed by atoms with Gasteiger partial charge in [-0.2, -0.15) is 26.3 Å². The maximum absolute atomic E-state index is 12.6. The summed E-state index contributed by atoms with van der Waals surface area (Å²) in [5, 5.41) is 4.55. The van der Waals surface area contributed by atoms with Crippen LogP contribution in [0.25, 0.3) is 0 Å². The van der Waals surface area contributed by atoms with Crippen molar-refractivity contribution in [2.24, 2.45) is 5.14 Å². The first kappa shape index (κ1) is 16.2. The summed E-state index contributed by atoms with van der Waals surface area (Å²) in [6.07, 6.45) is -10.4. The minimum absolute atomic E-state index is 0.182. The number of alkyl halides is 6. The average molecular weight is 372 g/mol. The molecule has 0 aromatic heterocycles. The van der Waals surface area contributed by atoms with Crippen molar-refractivity contribution in [1.29, 1.82) is 0 Å². The molecule has 0 unspecified atom stereocenters. The van der Waals surface area contributed by atoms with Gasteiger partial charge in [-0.05, 0) is 12.1 Å². The van der Waals surface area contributed by atoms with Gasteiger partial charge in [0.25, 0.3) is 0 Å². The lowest BCUT2D eigenvalue weighted by molar-refractivity contribution is -0.144. The van der Waals surface area contributed by atoms with Crippen molar-refractivity contribution in [3.63, 3.8) is 0 Å². The molecule has 1 aromatic carbocycles. The van der Waals surface area contributed by atoms with Crippen molar-refractivity contribution in [3.8, 4) is 0 Å². The van der Waals surface area contributed by atoms with Crippen molar-refractivity contribution in [2.45, 2.75) is 17.2 Å². The second kappa shape index (κ2) is 4.63. The highest BCUT2D eigenvalue weighted by atomic mass is 79.9. The maximum atomic E-state index is 12.6. The van der Waals surface area contributed by atoms with Gasteiger partial charge in [-0.3, -0.25) is 0 Å². The van der Waals surface area contributed by atoms with Gasteiger partial charge in [0, 0.05) is 4.47 Å². The average Bonchev–Trinajstić information content (AvgIpc) is 2.11. The molecule has 0 radical (unpaired) electrons. The first-order valence-electron chi connectivity index (χ1n) is 4.25. The Bertz CT molecular complexity index is 607. The highest BCUT2D eigenvalue weighted by Gasteiger charge is 2.41. The van der Waals surface area contributed by atoms with E-state index in [4.69, 9.17) is 0 Å². The Hall–Kier alpha value is -0.810. The van der Waals surface area contributed by atoms with E-state index in [-0.39, 0.29) is 12.1 Å². The van der Waals surface area contributed by atoms with Gasteiger partial charge in [-0.1, -0.05) is 15.9 Å². The Morgan fingerprint density at radius 2 is 1.37 bits per heavy atom. The van der Waals surface area contributed by atoms with Gasteiger partial charge in [-0.15, -0.1) is 0 Å². The van der Waals surface area contributed by atoms with Gasteiger partial charge in [0.2, 0.25) is 10.0 Å². The quantitative estimate of drug-likeness (QED) is 0.771. The molecule has 1 aromatic rings. The fourth-order valence-corrected chi connectivity index (χ4v) is 2.71. The van der Waals surface area contributed by atoms with E-state index in [0.29, 0.717) is 0 Å². The molecular weight excluding hydrogens is 368 g/mol. The third-order valence-corrected chi connectivity index (χ3v) is 3.59. The van der Waals surface area contributed by atoms with E-state index in [1.807, 2.05) is 0 Å². The number of rotatable bonds is 1. The number of hydrogen-bond donors (Lipinski definition) is 1. The number of hydrogen-bond acceptors (Lipinski definition) is 2. The van der Waals surface area contributed by atoms with Gasteiger partial charge in [-0.25, -0.2) is 13.6 Å². The smallest absolute Gasteiger partial charge is 0.225 e. The summed E-state index contributed by atoms with van der Waals surface area (Å²) < 4.78 is 96.3. The number of halogens is 7. The van der Waals surface area contributed by atoms with Crippen LogP contribution in [0.3, 0.4) is 0 Å². The van der Waals surface area contributed by atoms with Gasteiger partial charge in [0.05, 0.1) is 16.0 Å². The van der Waals surface area contributed by atoms with Crippen LogP contribution in [0.5, 0.6) is 0 Å². The zero-order valence-corrected chi connectivity index (χ0v) is 11.0. The molecule has 0 fully saturated rings. The van der Waals surface area contributed by atoms with Gasteiger partial charge < -0.3 is 0 Å². The number of sulfonamides is 1. The standard InChI is InChI=1S/C8H4BrF6NO2S/c9-5-2-6(19(16,17)18)4(8(13,14)15)1-3(5)7(10,11)12/h1-2H,(H2,16,17,18). The molecule has 1 rings (SSSR count). The normalized spacial score (nSPS) is 13.7. The first-order chi connectivity index (χ1) is 8.24. The highest BCUT2D eigenvalue weighted by Crippen LogP contribution is 2.42. The van der Waals surface area contributed by atoms with Crippen molar-refractivity contribution in [2.75, 3.05) is 0 Å². The van der Waals surface area contributed by atoms with Crippen LogP contribution in [0.4, 0.5) is 26.3 Å². The summed E-state index contributed by atoms with van der Waals surface area (Å²) in [6, 6.07) is -0.120. The summed E-state index contributed by atoms with van der Waals surface area (Å²) in [4.78, 5) is -1.43. The van der Waals surface area contributed by atoms with Crippen molar-refractivity contribution in [3.05, 3.63) is 27.7 Å². The van der Waals surface area contributed by atoms with Gasteiger partial charge >= 0.3 is 12.4 Å². The Morgan fingerprint density at radius 3 is 1.68 bits per heavy atom. The molecule has 0 aliphatic carbocycles. The highest BCUT2D eigenvalue weighted by molar-refractivity contribution is 9.10. The first-order valence-corrected chi connectivity index (χ1v) is 6.59. The molecular formula is C8H4BrF6NO2S. The molecule has 0 saturated carbocycles. The lowest BCUT2D eigenvalue weighted by Crippen LogP contribution is -2.21. The van der Waals surface area contributed by atoms with Crippen LogP contribution in [0.2, 0.25) is 0 Å². The Morgan fingerprint density at radius 1 is 0.947 bits per heavy atom. The molecule has 0 amide bonds. The number of primary sulfonamides is 1. The molecule has 0 heterocycles. The predicted molar refractivity (Wildman–Crippen MR) is 55.5 cm³/mol. The summed E-state index contributed by atoms with van der Waals surface area (Å²) >= 11 is 2.37. The summed E-state index contributed by atoms with van der Waals surface area (Å²) in [7, 11) is -4.82. The summed E-state index contributed by atoms with van der Waals surface area (Å²) in [5.41, 5.74) is -3.61.